The molecule has 1 aliphatic heterocycles. The largest absolute Gasteiger partial charge is 0.342 e. The number of benzene rings is 2. The Morgan fingerprint density at radius 1 is 1.09 bits per heavy atom. The van der Waals surface area contributed by atoms with Crippen molar-refractivity contribution in [2.45, 2.75) is 12.5 Å². The number of carbonyl (C=O) groups is 1. The van der Waals surface area contributed by atoms with Gasteiger partial charge in [-0.05, 0) is 41.8 Å². The second kappa shape index (κ2) is 8.32. The summed E-state index contributed by atoms with van der Waals surface area (Å²) < 4.78 is 15.9. The number of aromatic nitrogens is 3. The smallest absolute Gasteiger partial charge is 0.306 e. The number of nitrogens with one attached hydrogen (secondary N) is 1. The van der Waals surface area contributed by atoms with Gasteiger partial charge < -0.3 is 5.32 Å². The topological polar surface area (TPSA) is 74.9 Å². The van der Waals surface area contributed by atoms with Crippen molar-refractivity contribution >= 4 is 23.6 Å². The molecular formula is C24H17FN6O. The molecule has 1 unspecified atom stereocenters. The van der Waals surface area contributed by atoms with Gasteiger partial charge in [-0.25, -0.2) is 23.7 Å². The Labute approximate surface area is 183 Å². The van der Waals surface area contributed by atoms with Crippen LogP contribution >= 0.6 is 0 Å². The Hall–Kier alpha value is -4.51. The molecule has 1 atom stereocenters. The van der Waals surface area contributed by atoms with E-state index in [1.807, 2.05) is 30.3 Å². The number of hydrogen-bond acceptors (Lipinski definition) is 4. The normalized spacial score (nSPS) is 14.9. The van der Waals surface area contributed by atoms with Crippen LogP contribution in [0.5, 0.6) is 0 Å². The number of halogens is 1. The predicted octanol–water partition coefficient (Wildman–Crippen LogP) is 4.23. The molecule has 0 radical (unpaired) electrons. The van der Waals surface area contributed by atoms with Gasteiger partial charge in [-0.2, -0.15) is 10.2 Å². The van der Waals surface area contributed by atoms with Crippen molar-refractivity contribution in [3.63, 3.8) is 0 Å². The van der Waals surface area contributed by atoms with E-state index in [0.717, 1.165) is 5.56 Å². The van der Waals surface area contributed by atoms with Crippen LogP contribution in [0.15, 0.2) is 78.2 Å². The van der Waals surface area contributed by atoms with E-state index in [-0.39, 0.29) is 11.6 Å². The van der Waals surface area contributed by atoms with E-state index in [1.54, 1.807) is 35.3 Å². The van der Waals surface area contributed by atoms with Gasteiger partial charge in [-0.3, -0.25) is 0 Å². The number of hydrazone groups is 1. The first-order valence-electron chi connectivity index (χ1n) is 9.97. The van der Waals surface area contributed by atoms with Crippen molar-refractivity contribution in [3.8, 4) is 11.8 Å². The number of rotatable bonds is 2. The van der Waals surface area contributed by atoms with Crippen LogP contribution in [-0.2, 0) is 0 Å². The third kappa shape index (κ3) is 3.79. The third-order valence-electron chi connectivity index (χ3n) is 5.04. The van der Waals surface area contributed by atoms with Gasteiger partial charge in [0.15, 0.2) is 5.65 Å². The zero-order valence-corrected chi connectivity index (χ0v) is 16.8. The quantitative estimate of drug-likeness (QED) is 0.489. The lowest BCUT2D eigenvalue weighted by atomic mass is 10.1. The minimum atomic E-state index is -0.487. The first-order valence-corrected chi connectivity index (χ1v) is 9.97. The Morgan fingerprint density at radius 2 is 1.97 bits per heavy atom. The first kappa shape index (κ1) is 19.5. The summed E-state index contributed by atoms with van der Waals surface area (Å²) in [7, 11) is 0. The lowest BCUT2D eigenvalue weighted by molar-refractivity contribution is 0.200. The average molecular weight is 424 g/mol. The SMILES string of the molecule is O=C(Nc1ccc(F)c(C#Cc2cnc3cccnn23)c1)N1N=CCC1c1ccccc1. The molecule has 32 heavy (non-hydrogen) atoms. The number of anilines is 1. The van der Waals surface area contributed by atoms with E-state index in [0.29, 0.717) is 23.4 Å². The van der Waals surface area contributed by atoms with Gasteiger partial charge in [0, 0.05) is 24.5 Å². The highest BCUT2D eigenvalue weighted by molar-refractivity contribution is 5.91. The number of fused-ring (bicyclic) bond motifs is 1. The van der Waals surface area contributed by atoms with E-state index < -0.39 is 11.8 Å². The number of carbonyl (C=O) groups excluding carboxylic acids is 1. The fourth-order valence-electron chi connectivity index (χ4n) is 3.49. The van der Waals surface area contributed by atoms with Gasteiger partial charge in [0.05, 0.1) is 17.8 Å². The minimum absolute atomic E-state index is 0.151. The molecule has 4 aromatic rings. The zero-order chi connectivity index (χ0) is 21.9. The fraction of sp³-hybridized carbons (Fsp3) is 0.0833. The third-order valence-corrected chi connectivity index (χ3v) is 5.04. The van der Waals surface area contributed by atoms with Gasteiger partial charge in [0.2, 0.25) is 0 Å². The van der Waals surface area contributed by atoms with Crippen LogP contribution in [-0.4, -0.2) is 31.9 Å². The van der Waals surface area contributed by atoms with Crippen LogP contribution in [0.25, 0.3) is 5.65 Å². The second-order valence-corrected chi connectivity index (χ2v) is 7.12. The summed E-state index contributed by atoms with van der Waals surface area (Å²) in [4.78, 5) is 17.1. The van der Waals surface area contributed by atoms with Gasteiger partial charge in [0.25, 0.3) is 0 Å². The lowest BCUT2D eigenvalue weighted by Crippen LogP contribution is -2.31. The van der Waals surface area contributed by atoms with Crippen molar-refractivity contribution in [1.82, 2.24) is 19.6 Å². The molecule has 1 N–H and O–H groups in total. The Bertz CT molecular complexity index is 1390. The summed E-state index contributed by atoms with van der Waals surface area (Å²) in [5.41, 5.74) is 2.75. The highest BCUT2D eigenvalue weighted by Crippen LogP contribution is 2.28. The van der Waals surface area contributed by atoms with Crippen LogP contribution in [0.1, 0.15) is 29.3 Å². The lowest BCUT2D eigenvalue weighted by Gasteiger charge is -2.22. The molecule has 156 valence electrons. The molecule has 0 saturated heterocycles. The maximum absolute atomic E-state index is 14.3. The molecule has 0 bridgehead atoms. The van der Waals surface area contributed by atoms with Crippen molar-refractivity contribution in [2.24, 2.45) is 5.10 Å². The number of amides is 2. The molecule has 2 amide bonds. The first-order chi connectivity index (χ1) is 15.7. The standard InChI is InChI=1S/C24H17FN6O/c25-21-11-9-19(15-18(21)8-10-20-16-26-23-7-4-13-27-30(20)23)29-24(32)31-22(12-14-28-31)17-5-2-1-3-6-17/h1-7,9,11,13-16,22H,12H2,(H,29,32). The molecule has 0 spiro atoms. The van der Waals surface area contributed by atoms with Crippen LogP contribution < -0.4 is 5.32 Å². The van der Waals surface area contributed by atoms with Crippen LogP contribution in [0, 0.1) is 17.7 Å². The van der Waals surface area contributed by atoms with Gasteiger partial charge in [-0.1, -0.05) is 36.3 Å². The molecule has 8 heteroatoms. The molecule has 3 heterocycles. The summed E-state index contributed by atoms with van der Waals surface area (Å²) in [5, 5.41) is 12.6. The minimum Gasteiger partial charge on any atom is -0.306 e. The average Bonchev–Trinajstić information content (AvgIpc) is 3.47. The number of imidazole rings is 1. The molecular weight excluding hydrogens is 407 g/mol. The molecule has 1 aliphatic rings. The molecule has 0 saturated carbocycles. The van der Waals surface area contributed by atoms with Crippen molar-refractivity contribution in [2.75, 3.05) is 5.32 Å². The van der Waals surface area contributed by atoms with E-state index in [1.165, 1.54) is 23.2 Å². The molecule has 7 nitrogen and oxygen atoms in total. The maximum Gasteiger partial charge on any atom is 0.342 e. The molecule has 0 aliphatic carbocycles. The highest BCUT2D eigenvalue weighted by atomic mass is 19.1. The van der Waals surface area contributed by atoms with Crippen LogP contribution in [0.2, 0.25) is 0 Å². The Kier molecular flexibility index (Phi) is 5.06. The summed E-state index contributed by atoms with van der Waals surface area (Å²) >= 11 is 0. The van der Waals surface area contributed by atoms with Gasteiger partial charge >= 0.3 is 6.03 Å². The van der Waals surface area contributed by atoms with Crippen molar-refractivity contribution in [1.29, 1.82) is 0 Å². The summed E-state index contributed by atoms with van der Waals surface area (Å²) in [6, 6.07) is 16.9. The maximum atomic E-state index is 14.3. The van der Waals surface area contributed by atoms with E-state index in [4.69, 9.17) is 0 Å². The highest BCUT2D eigenvalue weighted by Gasteiger charge is 2.28. The molecule has 2 aromatic heterocycles. The van der Waals surface area contributed by atoms with Crippen molar-refractivity contribution < 1.29 is 9.18 Å². The summed E-state index contributed by atoms with van der Waals surface area (Å²) in [6.07, 6.45) is 5.54. The monoisotopic (exact) mass is 424 g/mol. The number of urea groups is 1. The zero-order valence-electron chi connectivity index (χ0n) is 16.8. The number of nitrogens with zero attached hydrogens (tertiary/aromatic N) is 5. The Balaban J connectivity index is 1.36. The molecule has 0 fully saturated rings. The van der Waals surface area contributed by atoms with E-state index in [9.17, 15) is 9.18 Å². The van der Waals surface area contributed by atoms with Crippen LogP contribution in [0.4, 0.5) is 14.9 Å². The van der Waals surface area contributed by atoms with Gasteiger partial charge in [0.1, 0.15) is 11.5 Å². The fourth-order valence-corrected chi connectivity index (χ4v) is 3.49. The van der Waals surface area contributed by atoms with E-state index >= 15 is 0 Å². The number of hydrogen-bond donors (Lipinski definition) is 1. The molecule has 2 aromatic carbocycles. The molecule has 5 rings (SSSR count). The summed E-state index contributed by atoms with van der Waals surface area (Å²) in [5.74, 6) is 5.21. The van der Waals surface area contributed by atoms with E-state index in [2.05, 4.69) is 32.3 Å². The second-order valence-electron chi connectivity index (χ2n) is 7.12. The summed E-state index contributed by atoms with van der Waals surface area (Å²) in [6.45, 7) is 0. The van der Waals surface area contributed by atoms with Gasteiger partial charge in [-0.15, -0.1) is 0 Å². The predicted molar refractivity (Wildman–Crippen MR) is 119 cm³/mol. The Morgan fingerprint density at radius 3 is 2.84 bits per heavy atom. The van der Waals surface area contributed by atoms with Crippen molar-refractivity contribution in [3.05, 3.63) is 95.7 Å². The van der Waals surface area contributed by atoms with Crippen LogP contribution in [0.3, 0.4) is 0 Å².